The molecule has 0 aromatic rings. The molecule has 0 saturated carbocycles. The number of aliphatic hydroxyl groups excluding tert-OH is 11. The van der Waals surface area contributed by atoms with Crippen molar-refractivity contribution < 1.29 is 89.4 Å². The zero-order chi connectivity index (χ0) is 55.5. The third-order valence-corrected chi connectivity index (χ3v) is 12.8. The van der Waals surface area contributed by atoms with Gasteiger partial charge in [0, 0.05) is 6.42 Å². The molecule has 0 aliphatic carbocycles. The van der Waals surface area contributed by atoms with Crippen LogP contribution in [0.15, 0.2) is 109 Å². The fourth-order valence-corrected chi connectivity index (χ4v) is 8.31. The van der Waals surface area contributed by atoms with E-state index in [1.165, 1.54) is 0 Å². The van der Waals surface area contributed by atoms with E-state index < -0.39 is 124 Å². The lowest BCUT2D eigenvalue weighted by Crippen LogP contribution is -2.66. The van der Waals surface area contributed by atoms with Gasteiger partial charge in [-0.15, -0.1) is 0 Å². The van der Waals surface area contributed by atoms with Crippen LogP contribution >= 0.6 is 0 Å². The van der Waals surface area contributed by atoms with E-state index in [9.17, 15) is 61.0 Å². The summed E-state index contributed by atoms with van der Waals surface area (Å²) in [6.45, 7) is 1.34. The molecule has 19 nitrogen and oxygen atoms in total. The minimum absolute atomic E-state index is 0.177. The number of ether oxygens (including phenoxy) is 6. The minimum atomic E-state index is -1.99. The van der Waals surface area contributed by atoms with Crippen LogP contribution in [-0.2, 0) is 33.2 Å². The first kappa shape index (κ1) is 66.7. The Morgan fingerprint density at radius 3 is 1.36 bits per heavy atom. The van der Waals surface area contributed by atoms with Gasteiger partial charge in [-0.3, -0.25) is 4.79 Å². The van der Waals surface area contributed by atoms with Gasteiger partial charge in [-0.05, 0) is 77.0 Å². The molecule has 12 N–H and O–H groups in total. The van der Waals surface area contributed by atoms with Crippen LogP contribution in [0, 0.1) is 0 Å². The van der Waals surface area contributed by atoms with Crippen molar-refractivity contribution in [3.63, 3.8) is 0 Å². The molecule has 17 atom stereocenters. The van der Waals surface area contributed by atoms with Gasteiger partial charge < -0.3 is 89.9 Å². The summed E-state index contributed by atoms with van der Waals surface area (Å²) in [7, 11) is 0. The predicted molar refractivity (Wildman–Crippen MR) is 286 cm³/mol. The van der Waals surface area contributed by atoms with Crippen molar-refractivity contribution in [2.24, 2.45) is 0 Å². The Morgan fingerprint density at radius 2 is 0.895 bits per heavy atom. The Kier molecular flexibility index (Phi) is 34.9. The number of nitrogens with one attached hydrogen (secondary N) is 1. The molecular weight excluding hydrogens is 987 g/mol. The van der Waals surface area contributed by atoms with Crippen molar-refractivity contribution in [3.05, 3.63) is 109 Å². The second-order valence-corrected chi connectivity index (χ2v) is 19.0. The highest BCUT2D eigenvalue weighted by Gasteiger charge is 2.53. The van der Waals surface area contributed by atoms with Crippen molar-refractivity contribution in [1.29, 1.82) is 0 Å². The van der Waals surface area contributed by atoms with Gasteiger partial charge in [0.1, 0.15) is 73.2 Å². The van der Waals surface area contributed by atoms with Gasteiger partial charge in [-0.1, -0.05) is 136 Å². The molecule has 1 amide bonds. The molecule has 19 heteroatoms. The lowest BCUT2D eigenvalue weighted by Gasteiger charge is -2.48. The van der Waals surface area contributed by atoms with Gasteiger partial charge in [0.25, 0.3) is 0 Å². The number of hydrogen-bond donors (Lipinski definition) is 12. The summed E-state index contributed by atoms with van der Waals surface area (Å²) in [5.41, 5.74) is 0. The third-order valence-electron chi connectivity index (χ3n) is 12.8. The van der Waals surface area contributed by atoms with Crippen LogP contribution in [0.1, 0.15) is 110 Å². The molecule has 17 unspecified atom stereocenters. The maximum atomic E-state index is 13.1. The fourth-order valence-electron chi connectivity index (χ4n) is 8.31. The molecule has 0 radical (unpaired) electrons. The molecule has 0 aromatic heterocycles. The number of unbranched alkanes of at least 4 members (excludes halogenated alkanes) is 4. The van der Waals surface area contributed by atoms with E-state index in [-0.39, 0.29) is 18.9 Å². The summed E-state index contributed by atoms with van der Waals surface area (Å²) in [6.07, 6.45) is 23.3. The molecule has 3 rings (SSSR count). The molecule has 0 spiro atoms. The molecular formula is C57H91NO18. The summed E-state index contributed by atoms with van der Waals surface area (Å²) in [6, 6.07) is -1.000. The second kappa shape index (κ2) is 39.8. The van der Waals surface area contributed by atoms with Crippen LogP contribution in [0.25, 0.3) is 0 Å². The zero-order valence-electron chi connectivity index (χ0n) is 44.4. The number of hydrogen-bond acceptors (Lipinski definition) is 18. The van der Waals surface area contributed by atoms with Crippen molar-refractivity contribution in [2.75, 3.05) is 26.4 Å². The number of allylic oxidation sites excluding steroid dienone is 17. The Labute approximate surface area is 449 Å². The second-order valence-electron chi connectivity index (χ2n) is 19.0. The lowest BCUT2D eigenvalue weighted by molar-refractivity contribution is -0.379. The number of carbonyl (C=O) groups is 1. The molecule has 432 valence electrons. The summed E-state index contributed by atoms with van der Waals surface area (Å²) in [5, 5.41) is 119. The van der Waals surface area contributed by atoms with Crippen molar-refractivity contribution >= 4 is 5.91 Å². The molecule has 3 fully saturated rings. The van der Waals surface area contributed by atoms with Crippen LogP contribution in [0.2, 0.25) is 0 Å². The SMILES string of the molecule is CC/C=C\C/C=C\C/C=C\C/C=C\C/C=C\C/C=C\C/C=C\C/C=C\CCCCC(=O)NC(COC1OC(CO)C(OC2OC(CO)C(OC3OC(CO)C(O)C(O)C3O)C(O)C2O)C(O)C1O)C(O)/C=C/CCCC. The average molecular weight is 1080 g/mol. The largest absolute Gasteiger partial charge is 0.394 e. The summed E-state index contributed by atoms with van der Waals surface area (Å²) >= 11 is 0. The van der Waals surface area contributed by atoms with E-state index in [1.54, 1.807) is 12.2 Å². The van der Waals surface area contributed by atoms with Crippen molar-refractivity contribution in [3.8, 4) is 0 Å². The van der Waals surface area contributed by atoms with Gasteiger partial charge in [-0.2, -0.15) is 0 Å². The number of rotatable bonds is 36. The first-order valence-corrected chi connectivity index (χ1v) is 27.1. The van der Waals surface area contributed by atoms with E-state index in [4.69, 9.17) is 28.4 Å². The summed E-state index contributed by atoms with van der Waals surface area (Å²) < 4.78 is 33.9. The number of carbonyl (C=O) groups excluding carboxylic acids is 1. The number of aliphatic hydroxyl groups is 11. The predicted octanol–water partition coefficient (Wildman–Crippen LogP) is 3.19. The quantitative estimate of drug-likeness (QED) is 0.0317. The summed E-state index contributed by atoms with van der Waals surface area (Å²) in [5.74, 6) is -0.335. The molecule has 76 heavy (non-hydrogen) atoms. The monoisotopic (exact) mass is 1080 g/mol. The fraction of sp³-hybridized carbons (Fsp3) is 0.667. The molecule has 3 aliphatic heterocycles. The molecule has 3 saturated heterocycles. The first-order valence-electron chi connectivity index (χ1n) is 27.1. The normalized spacial score (nSPS) is 31.8. The van der Waals surface area contributed by atoms with Crippen LogP contribution < -0.4 is 5.32 Å². The van der Waals surface area contributed by atoms with E-state index in [0.717, 1.165) is 77.0 Å². The molecule has 0 aromatic carbocycles. The molecule has 0 bridgehead atoms. The van der Waals surface area contributed by atoms with Gasteiger partial charge in [0.05, 0.1) is 38.6 Å². The minimum Gasteiger partial charge on any atom is -0.394 e. The van der Waals surface area contributed by atoms with Crippen LogP contribution in [0.5, 0.6) is 0 Å². The first-order chi connectivity index (χ1) is 36.8. The van der Waals surface area contributed by atoms with Crippen molar-refractivity contribution in [2.45, 2.75) is 214 Å². The number of amides is 1. The van der Waals surface area contributed by atoms with Crippen LogP contribution in [0.4, 0.5) is 0 Å². The topological polar surface area (TPSA) is 307 Å². The third kappa shape index (κ3) is 24.2. The molecule has 3 heterocycles. The van der Waals surface area contributed by atoms with Crippen LogP contribution in [-0.4, -0.2) is 193 Å². The summed E-state index contributed by atoms with van der Waals surface area (Å²) in [4.78, 5) is 13.1. The highest BCUT2D eigenvalue weighted by Crippen LogP contribution is 2.33. The van der Waals surface area contributed by atoms with E-state index in [0.29, 0.717) is 12.8 Å². The van der Waals surface area contributed by atoms with E-state index in [2.05, 4.69) is 109 Å². The van der Waals surface area contributed by atoms with E-state index >= 15 is 0 Å². The van der Waals surface area contributed by atoms with Gasteiger partial charge in [0.15, 0.2) is 18.9 Å². The van der Waals surface area contributed by atoms with Gasteiger partial charge in [0.2, 0.25) is 5.91 Å². The van der Waals surface area contributed by atoms with Gasteiger partial charge >= 0.3 is 0 Å². The van der Waals surface area contributed by atoms with E-state index in [1.807, 2.05) is 6.92 Å². The Bertz CT molecular complexity index is 1810. The highest BCUT2D eigenvalue weighted by molar-refractivity contribution is 5.76. The lowest BCUT2D eigenvalue weighted by atomic mass is 9.96. The maximum absolute atomic E-state index is 13.1. The smallest absolute Gasteiger partial charge is 0.220 e. The Hall–Kier alpha value is -3.55. The zero-order valence-corrected chi connectivity index (χ0v) is 44.4. The highest BCUT2D eigenvalue weighted by atomic mass is 16.8. The van der Waals surface area contributed by atoms with Crippen LogP contribution in [0.3, 0.4) is 0 Å². The maximum Gasteiger partial charge on any atom is 0.220 e. The average Bonchev–Trinajstić information content (AvgIpc) is 3.42. The van der Waals surface area contributed by atoms with Crippen molar-refractivity contribution in [1.82, 2.24) is 5.32 Å². The Balaban J connectivity index is 1.41. The van der Waals surface area contributed by atoms with Gasteiger partial charge in [-0.25, -0.2) is 0 Å². The Morgan fingerprint density at radius 1 is 0.487 bits per heavy atom. The standard InChI is InChI=1S/C57H91NO18/c1-3-5-7-9-10-11-12-13-14-15-16-17-18-19-20-21-22-23-24-25-26-27-28-29-30-31-33-35-45(63)58-40(41(62)34-32-8-6-4-2)39-71-55-51(69)48(66)53(43(37-60)73-55)76-57-52(70)49(67)54(44(38-61)74-57)75-56-50(68)47(65)46(64)42(36-59)72-56/h5,7,10-11,13-14,16-17,19-20,22-23,25-26,28-29,32,34,40-44,46-57,59-62,64-70H,3-4,6,8-9,12,15,18,21,24,27,30-31,33,35-39H2,1-2H3,(H,58,63)/b7-5-,11-10-,14-13-,17-16-,20-19-,23-22-,26-25-,29-28-,34-32+. The molecule has 3 aliphatic rings.